The summed E-state index contributed by atoms with van der Waals surface area (Å²) < 4.78 is 1.91. The Bertz CT molecular complexity index is 919. The second kappa shape index (κ2) is 5.86. The van der Waals surface area contributed by atoms with E-state index in [1.807, 2.05) is 49.9 Å². The molecule has 3 heterocycles. The molecule has 7 nitrogen and oxygen atoms in total. The third-order valence-electron chi connectivity index (χ3n) is 3.69. The Morgan fingerprint density at radius 1 is 1.38 bits per heavy atom. The zero-order chi connectivity index (χ0) is 17.5. The van der Waals surface area contributed by atoms with Crippen molar-refractivity contribution in [1.82, 2.24) is 24.7 Å². The highest BCUT2D eigenvalue weighted by Crippen LogP contribution is 2.20. The first-order valence-electron chi connectivity index (χ1n) is 7.59. The number of nitrogens with zero attached hydrogens (tertiary/aromatic N) is 3. The lowest BCUT2D eigenvalue weighted by Gasteiger charge is -2.19. The SMILES string of the molecule is C[C@@H](NC(=O)c1cc(C(C)(C)C)[nH]c(=O)n1)c1cn2ccsc2n1. The third-order valence-corrected chi connectivity index (χ3v) is 4.46. The average Bonchev–Trinajstić information content (AvgIpc) is 3.06. The van der Waals surface area contributed by atoms with E-state index in [1.54, 1.807) is 6.07 Å². The van der Waals surface area contributed by atoms with Crippen LogP contribution in [0.5, 0.6) is 0 Å². The van der Waals surface area contributed by atoms with Crippen molar-refractivity contribution in [3.63, 3.8) is 0 Å². The molecule has 0 unspecified atom stereocenters. The average molecular weight is 345 g/mol. The van der Waals surface area contributed by atoms with E-state index in [-0.39, 0.29) is 17.2 Å². The molecular formula is C16H19N5O2S. The van der Waals surface area contributed by atoms with Gasteiger partial charge in [0, 0.05) is 28.9 Å². The molecule has 0 aromatic carbocycles. The van der Waals surface area contributed by atoms with Crippen LogP contribution < -0.4 is 11.0 Å². The number of aromatic amines is 1. The van der Waals surface area contributed by atoms with Gasteiger partial charge in [0.25, 0.3) is 5.91 Å². The maximum atomic E-state index is 12.5. The number of thiazole rings is 1. The van der Waals surface area contributed by atoms with E-state index in [4.69, 9.17) is 0 Å². The number of fused-ring (bicyclic) bond motifs is 1. The van der Waals surface area contributed by atoms with Crippen molar-refractivity contribution in [3.05, 3.63) is 51.4 Å². The van der Waals surface area contributed by atoms with Crippen LogP contribution in [-0.2, 0) is 5.41 Å². The van der Waals surface area contributed by atoms with Crippen LogP contribution in [0.1, 0.15) is 55.6 Å². The Labute approximate surface area is 142 Å². The Hall–Kier alpha value is -2.48. The van der Waals surface area contributed by atoms with Crippen LogP contribution >= 0.6 is 11.3 Å². The molecule has 0 radical (unpaired) electrons. The van der Waals surface area contributed by atoms with E-state index < -0.39 is 11.6 Å². The van der Waals surface area contributed by atoms with Crippen molar-refractivity contribution < 1.29 is 4.79 Å². The number of hydrogen-bond acceptors (Lipinski definition) is 5. The van der Waals surface area contributed by atoms with Crippen LogP contribution in [0.25, 0.3) is 4.96 Å². The third kappa shape index (κ3) is 3.23. The van der Waals surface area contributed by atoms with E-state index in [1.165, 1.54) is 11.3 Å². The van der Waals surface area contributed by atoms with Gasteiger partial charge in [-0.15, -0.1) is 11.3 Å². The molecule has 2 N–H and O–H groups in total. The molecule has 0 aliphatic rings. The van der Waals surface area contributed by atoms with Gasteiger partial charge in [0.2, 0.25) is 0 Å². The molecule has 0 aliphatic heterocycles. The highest BCUT2D eigenvalue weighted by atomic mass is 32.1. The van der Waals surface area contributed by atoms with E-state index in [0.29, 0.717) is 5.69 Å². The predicted octanol–water partition coefficient (Wildman–Crippen LogP) is 2.27. The Morgan fingerprint density at radius 3 is 2.79 bits per heavy atom. The minimum atomic E-state index is -0.525. The van der Waals surface area contributed by atoms with Crippen molar-refractivity contribution in [1.29, 1.82) is 0 Å². The Morgan fingerprint density at radius 2 is 2.12 bits per heavy atom. The van der Waals surface area contributed by atoms with Gasteiger partial charge in [-0.05, 0) is 13.0 Å². The molecule has 1 atom stereocenters. The standard InChI is InChI=1S/C16H19N5O2S/c1-9(11-8-21-5-6-24-15(21)19-11)17-13(22)10-7-12(16(2,3)4)20-14(23)18-10/h5-9H,1-4H3,(H,17,22)(H,18,20,23)/t9-/m1/s1. The fourth-order valence-electron chi connectivity index (χ4n) is 2.28. The number of carbonyl (C=O) groups excluding carboxylic acids is 1. The van der Waals surface area contributed by atoms with E-state index >= 15 is 0 Å². The number of nitrogens with one attached hydrogen (secondary N) is 2. The largest absolute Gasteiger partial charge is 0.345 e. The molecular weight excluding hydrogens is 326 g/mol. The lowest BCUT2D eigenvalue weighted by atomic mass is 9.91. The van der Waals surface area contributed by atoms with Gasteiger partial charge in [0.15, 0.2) is 4.96 Å². The number of carbonyl (C=O) groups is 1. The van der Waals surface area contributed by atoms with E-state index in [2.05, 4.69) is 20.3 Å². The van der Waals surface area contributed by atoms with E-state index in [0.717, 1.165) is 10.7 Å². The normalized spacial score (nSPS) is 13.2. The maximum absolute atomic E-state index is 12.5. The van der Waals surface area contributed by atoms with Crippen LogP contribution in [-0.4, -0.2) is 25.3 Å². The van der Waals surface area contributed by atoms with Crippen molar-refractivity contribution in [2.24, 2.45) is 0 Å². The first-order valence-corrected chi connectivity index (χ1v) is 8.47. The second-order valence-electron chi connectivity index (χ2n) is 6.69. The number of aromatic nitrogens is 4. The van der Waals surface area contributed by atoms with Crippen molar-refractivity contribution >= 4 is 22.2 Å². The van der Waals surface area contributed by atoms with Crippen LogP contribution in [0.2, 0.25) is 0 Å². The molecule has 0 bridgehead atoms. The van der Waals surface area contributed by atoms with Crippen molar-refractivity contribution in [2.45, 2.75) is 39.2 Å². The van der Waals surface area contributed by atoms with Gasteiger partial charge >= 0.3 is 5.69 Å². The number of amides is 1. The number of H-pyrrole nitrogens is 1. The molecule has 24 heavy (non-hydrogen) atoms. The van der Waals surface area contributed by atoms with Gasteiger partial charge in [0.1, 0.15) is 5.69 Å². The molecule has 3 rings (SSSR count). The zero-order valence-electron chi connectivity index (χ0n) is 14.0. The van der Waals surface area contributed by atoms with Gasteiger partial charge < -0.3 is 10.3 Å². The van der Waals surface area contributed by atoms with Gasteiger partial charge in [-0.25, -0.2) is 9.78 Å². The summed E-state index contributed by atoms with van der Waals surface area (Å²) in [5.41, 5.74) is 0.731. The fraction of sp³-hybridized carbons (Fsp3) is 0.375. The quantitative estimate of drug-likeness (QED) is 0.762. The fourth-order valence-corrected chi connectivity index (χ4v) is 2.98. The maximum Gasteiger partial charge on any atom is 0.345 e. The number of rotatable bonds is 3. The summed E-state index contributed by atoms with van der Waals surface area (Å²) in [5.74, 6) is -0.393. The van der Waals surface area contributed by atoms with Crippen LogP contribution in [0.15, 0.2) is 28.6 Å². The molecule has 8 heteroatoms. The molecule has 0 aliphatic carbocycles. The van der Waals surface area contributed by atoms with Gasteiger partial charge in [-0.1, -0.05) is 20.8 Å². The minimum Gasteiger partial charge on any atom is -0.343 e. The van der Waals surface area contributed by atoms with Crippen molar-refractivity contribution in [2.75, 3.05) is 0 Å². The van der Waals surface area contributed by atoms with Crippen LogP contribution in [0, 0.1) is 0 Å². The number of hydrogen-bond donors (Lipinski definition) is 2. The van der Waals surface area contributed by atoms with Crippen molar-refractivity contribution in [3.8, 4) is 0 Å². The summed E-state index contributed by atoms with van der Waals surface area (Å²) in [6, 6.07) is 1.33. The topological polar surface area (TPSA) is 92.1 Å². The molecule has 1 amide bonds. The highest BCUT2D eigenvalue weighted by Gasteiger charge is 2.20. The molecule has 3 aromatic heterocycles. The van der Waals surface area contributed by atoms with Gasteiger partial charge in [-0.2, -0.15) is 4.98 Å². The highest BCUT2D eigenvalue weighted by molar-refractivity contribution is 7.15. The van der Waals surface area contributed by atoms with Gasteiger partial charge in [0.05, 0.1) is 11.7 Å². The summed E-state index contributed by atoms with van der Waals surface area (Å²) in [5, 5.41) is 4.79. The second-order valence-corrected chi connectivity index (χ2v) is 7.56. The summed E-state index contributed by atoms with van der Waals surface area (Å²) in [6.07, 6.45) is 3.79. The van der Waals surface area contributed by atoms with Crippen LogP contribution in [0.3, 0.4) is 0 Å². The van der Waals surface area contributed by atoms with Gasteiger partial charge in [-0.3, -0.25) is 9.20 Å². The Balaban J connectivity index is 1.83. The number of imidazole rings is 1. The zero-order valence-corrected chi connectivity index (χ0v) is 14.8. The monoisotopic (exact) mass is 345 g/mol. The van der Waals surface area contributed by atoms with Crippen LogP contribution in [0.4, 0.5) is 0 Å². The minimum absolute atomic E-state index is 0.108. The molecule has 3 aromatic rings. The van der Waals surface area contributed by atoms with E-state index in [9.17, 15) is 9.59 Å². The first kappa shape index (κ1) is 16.4. The molecule has 0 fully saturated rings. The lowest BCUT2D eigenvalue weighted by molar-refractivity contribution is 0.0933. The summed E-state index contributed by atoms with van der Waals surface area (Å²) in [6.45, 7) is 7.73. The summed E-state index contributed by atoms with van der Waals surface area (Å²) in [4.78, 5) is 36.0. The summed E-state index contributed by atoms with van der Waals surface area (Å²) in [7, 11) is 0. The molecule has 126 valence electrons. The molecule has 0 saturated heterocycles. The lowest BCUT2D eigenvalue weighted by Crippen LogP contribution is -2.31. The Kier molecular flexibility index (Phi) is 4.00. The molecule has 0 saturated carbocycles. The summed E-state index contributed by atoms with van der Waals surface area (Å²) >= 11 is 1.53. The smallest absolute Gasteiger partial charge is 0.343 e. The predicted molar refractivity (Wildman–Crippen MR) is 92.5 cm³/mol. The molecule has 0 spiro atoms. The first-order chi connectivity index (χ1) is 11.2.